The number of aliphatic hydroxyl groups is 1. The molecule has 0 aromatic heterocycles. The molecule has 1 N–H and O–H groups in total. The Hall–Kier alpha value is -0.570. The number of carbonyl (C=O) groups is 1. The average molecular weight is 399 g/mol. The quantitative estimate of drug-likeness (QED) is 0.150. The van der Waals surface area contributed by atoms with E-state index in [2.05, 4.69) is 11.7 Å². The fourth-order valence-electron chi connectivity index (χ4n) is 3.82. The Balaban J connectivity index is 3.15. The summed E-state index contributed by atoms with van der Waals surface area (Å²) in [6, 6.07) is 0. The van der Waals surface area contributed by atoms with Gasteiger partial charge in [0.15, 0.2) is 0 Å². The number of unbranched alkanes of at least 4 members (excludes halogenated alkanes) is 16. The SMILES string of the molecule is CCCCCCCCCCCCCCCCCC(O)CCCCCC(=O)OC. The first-order chi connectivity index (χ1) is 13.7. The third kappa shape index (κ3) is 21.7. The lowest BCUT2D eigenvalue weighted by Crippen LogP contribution is -2.06. The molecule has 0 rings (SSSR count). The molecule has 0 aromatic rings. The zero-order valence-corrected chi connectivity index (χ0v) is 19.2. The van der Waals surface area contributed by atoms with Crippen LogP contribution in [0.2, 0.25) is 0 Å². The van der Waals surface area contributed by atoms with Gasteiger partial charge in [-0.05, 0) is 19.3 Å². The van der Waals surface area contributed by atoms with Crippen molar-refractivity contribution < 1.29 is 14.6 Å². The standard InChI is InChI=1S/C25H50O3/c1-3-4-5-6-7-8-9-10-11-12-13-14-15-16-18-21-24(26)22-19-17-20-23-25(27)28-2/h24,26H,3-23H2,1-2H3. The lowest BCUT2D eigenvalue weighted by Gasteiger charge is -2.10. The zero-order valence-electron chi connectivity index (χ0n) is 19.2. The highest BCUT2D eigenvalue weighted by Crippen LogP contribution is 2.15. The Bertz CT molecular complexity index is 317. The molecular formula is C25H50O3. The van der Waals surface area contributed by atoms with Crippen LogP contribution >= 0.6 is 0 Å². The maximum absolute atomic E-state index is 11.0. The van der Waals surface area contributed by atoms with Crippen LogP contribution in [0.1, 0.15) is 142 Å². The molecule has 28 heavy (non-hydrogen) atoms. The van der Waals surface area contributed by atoms with E-state index in [0.717, 1.165) is 38.5 Å². The van der Waals surface area contributed by atoms with E-state index in [9.17, 15) is 9.90 Å². The maximum atomic E-state index is 11.0. The van der Waals surface area contributed by atoms with Gasteiger partial charge in [0.1, 0.15) is 0 Å². The third-order valence-corrected chi connectivity index (χ3v) is 5.79. The predicted octanol–water partition coefficient (Wildman–Crippen LogP) is 7.73. The van der Waals surface area contributed by atoms with E-state index in [1.807, 2.05) is 0 Å². The Morgan fingerprint density at radius 1 is 0.643 bits per heavy atom. The van der Waals surface area contributed by atoms with Crippen LogP contribution in [0.25, 0.3) is 0 Å². The van der Waals surface area contributed by atoms with Gasteiger partial charge in [0.05, 0.1) is 13.2 Å². The monoisotopic (exact) mass is 398 g/mol. The van der Waals surface area contributed by atoms with E-state index in [4.69, 9.17) is 0 Å². The van der Waals surface area contributed by atoms with Crippen molar-refractivity contribution >= 4 is 5.97 Å². The first kappa shape index (κ1) is 27.4. The summed E-state index contributed by atoms with van der Waals surface area (Å²) in [4.78, 5) is 11.0. The summed E-state index contributed by atoms with van der Waals surface area (Å²) in [5.74, 6) is -0.127. The smallest absolute Gasteiger partial charge is 0.305 e. The van der Waals surface area contributed by atoms with Gasteiger partial charge in [0, 0.05) is 6.42 Å². The largest absolute Gasteiger partial charge is 0.469 e. The van der Waals surface area contributed by atoms with Crippen molar-refractivity contribution in [2.45, 2.75) is 148 Å². The Morgan fingerprint density at radius 3 is 1.39 bits per heavy atom. The van der Waals surface area contributed by atoms with E-state index < -0.39 is 0 Å². The molecule has 0 bridgehead atoms. The summed E-state index contributed by atoms with van der Waals surface area (Å²) in [6.45, 7) is 2.28. The number of rotatable bonds is 22. The van der Waals surface area contributed by atoms with E-state index in [0.29, 0.717) is 6.42 Å². The van der Waals surface area contributed by atoms with Crippen LogP contribution in [-0.2, 0) is 9.53 Å². The van der Waals surface area contributed by atoms with Gasteiger partial charge >= 0.3 is 5.97 Å². The molecule has 3 nitrogen and oxygen atoms in total. The maximum Gasteiger partial charge on any atom is 0.305 e. The third-order valence-electron chi connectivity index (χ3n) is 5.79. The Morgan fingerprint density at radius 2 is 1.00 bits per heavy atom. The summed E-state index contributed by atoms with van der Waals surface area (Å²) in [7, 11) is 1.43. The van der Waals surface area contributed by atoms with Crippen LogP contribution in [-0.4, -0.2) is 24.3 Å². The average Bonchev–Trinajstić information content (AvgIpc) is 2.70. The van der Waals surface area contributed by atoms with E-state index in [1.165, 1.54) is 97.0 Å². The molecule has 1 atom stereocenters. The molecule has 0 fully saturated rings. The second-order valence-electron chi connectivity index (χ2n) is 8.57. The van der Waals surface area contributed by atoms with Crippen LogP contribution in [0.5, 0.6) is 0 Å². The molecule has 0 saturated heterocycles. The minimum absolute atomic E-state index is 0.127. The highest BCUT2D eigenvalue weighted by molar-refractivity contribution is 5.68. The topological polar surface area (TPSA) is 46.5 Å². The number of ether oxygens (including phenoxy) is 1. The van der Waals surface area contributed by atoms with Gasteiger partial charge in [0.25, 0.3) is 0 Å². The molecule has 0 radical (unpaired) electrons. The van der Waals surface area contributed by atoms with Crippen molar-refractivity contribution in [3.05, 3.63) is 0 Å². The molecule has 0 spiro atoms. The Labute approximate surface area is 176 Å². The van der Waals surface area contributed by atoms with Crippen LogP contribution in [0.4, 0.5) is 0 Å². The number of hydrogen-bond acceptors (Lipinski definition) is 3. The van der Waals surface area contributed by atoms with Crippen LogP contribution in [0.3, 0.4) is 0 Å². The van der Waals surface area contributed by atoms with Crippen molar-refractivity contribution in [3.8, 4) is 0 Å². The summed E-state index contributed by atoms with van der Waals surface area (Å²) in [5.41, 5.74) is 0. The number of esters is 1. The minimum atomic E-state index is -0.153. The second kappa shape index (κ2) is 22.7. The van der Waals surface area contributed by atoms with Gasteiger partial charge in [-0.3, -0.25) is 4.79 Å². The van der Waals surface area contributed by atoms with Gasteiger partial charge in [-0.15, -0.1) is 0 Å². The lowest BCUT2D eigenvalue weighted by molar-refractivity contribution is -0.140. The van der Waals surface area contributed by atoms with Crippen molar-refractivity contribution in [2.24, 2.45) is 0 Å². The number of aliphatic hydroxyl groups excluding tert-OH is 1. The van der Waals surface area contributed by atoms with Crippen molar-refractivity contribution in [3.63, 3.8) is 0 Å². The molecule has 0 heterocycles. The van der Waals surface area contributed by atoms with E-state index >= 15 is 0 Å². The van der Waals surface area contributed by atoms with Crippen LogP contribution in [0, 0.1) is 0 Å². The summed E-state index contributed by atoms with van der Waals surface area (Å²) in [6.07, 6.45) is 25.8. The normalized spacial score (nSPS) is 12.2. The van der Waals surface area contributed by atoms with Crippen LogP contribution in [0.15, 0.2) is 0 Å². The summed E-state index contributed by atoms with van der Waals surface area (Å²) >= 11 is 0. The fourth-order valence-corrected chi connectivity index (χ4v) is 3.82. The molecular weight excluding hydrogens is 348 g/mol. The minimum Gasteiger partial charge on any atom is -0.469 e. The van der Waals surface area contributed by atoms with E-state index in [-0.39, 0.29) is 12.1 Å². The number of methoxy groups -OCH3 is 1. The summed E-state index contributed by atoms with van der Waals surface area (Å²) < 4.78 is 4.63. The molecule has 0 amide bonds. The van der Waals surface area contributed by atoms with Gasteiger partial charge in [-0.1, -0.05) is 116 Å². The van der Waals surface area contributed by atoms with Gasteiger partial charge < -0.3 is 9.84 Å². The number of hydrogen-bond donors (Lipinski definition) is 1. The van der Waals surface area contributed by atoms with E-state index in [1.54, 1.807) is 0 Å². The molecule has 0 aliphatic heterocycles. The molecule has 0 aromatic carbocycles. The molecule has 0 aliphatic carbocycles. The van der Waals surface area contributed by atoms with Crippen molar-refractivity contribution in [1.82, 2.24) is 0 Å². The van der Waals surface area contributed by atoms with Crippen molar-refractivity contribution in [1.29, 1.82) is 0 Å². The molecule has 0 saturated carbocycles. The highest BCUT2D eigenvalue weighted by Gasteiger charge is 2.05. The zero-order chi connectivity index (χ0) is 20.7. The Kier molecular flexibility index (Phi) is 22.3. The van der Waals surface area contributed by atoms with Gasteiger partial charge in [-0.2, -0.15) is 0 Å². The van der Waals surface area contributed by atoms with Gasteiger partial charge in [0.2, 0.25) is 0 Å². The predicted molar refractivity (Wildman–Crippen MR) is 121 cm³/mol. The first-order valence-electron chi connectivity index (χ1n) is 12.5. The van der Waals surface area contributed by atoms with Crippen molar-refractivity contribution in [2.75, 3.05) is 7.11 Å². The second-order valence-corrected chi connectivity index (χ2v) is 8.57. The fraction of sp³-hybridized carbons (Fsp3) is 0.960. The number of carbonyl (C=O) groups excluding carboxylic acids is 1. The molecule has 168 valence electrons. The lowest BCUT2D eigenvalue weighted by atomic mass is 10.0. The van der Waals surface area contributed by atoms with Gasteiger partial charge in [-0.25, -0.2) is 0 Å². The molecule has 0 aliphatic rings. The molecule has 1 unspecified atom stereocenters. The first-order valence-corrected chi connectivity index (χ1v) is 12.5. The van der Waals surface area contributed by atoms with Crippen LogP contribution < -0.4 is 0 Å². The highest BCUT2D eigenvalue weighted by atomic mass is 16.5. The molecule has 3 heteroatoms. The summed E-state index contributed by atoms with van der Waals surface area (Å²) in [5, 5.41) is 10.0.